The number of rotatable bonds is 3. The quantitative estimate of drug-likeness (QED) is 0.841. The standard InChI is InChI=1S/C18H20ClFN2O2/c19-13-4-6-15(16(20)7-13)18(24)21-9-12-3-5-14(10-21)22(17(12)23)8-11-1-2-11/h4,6-7,11-12,14H,1-3,5,8-10H2/t12-,14+/m0/s1. The average molecular weight is 351 g/mol. The van der Waals surface area contributed by atoms with E-state index in [1.54, 1.807) is 4.90 Å². The van der Waals surface area contributed by atoms with Gasteiger partial charge in [-0.15, -0.1) is 0 Å². The predicted octanol–water partition coefficient (Wildman–Crippen LogP) is 2.95. The molecule has 0 spiro atoms. The molecule has 6 heteroatoms. The van der Waals surface area contributed by atoms with Gasteiger partial charge in [-0.3, -0.25) is 9.59 Å². The minimum atomic E-state index is -0.606. The summed E-state index contributed by atoms with van der Waals surface area (Å²) < 4.78 is 14.1. The Labute approximate surface area is 145 Å². The lowest BCUT2D eigenvalue weighted by molar-refractivity contribution is -0.140. The van der Waals surface area contributed by atoms with Gasteiger partial charge in [0.2, 0.25) is 5.91 Å². The molecular formula is C18H20ClFN2O2. The van der Waals surface area contributed by atoms with Gasteiger partial charge in [0.25, 0.3) is 5.91 Å². The molecule has 2 amide bonds. The van der Waals surface area contributed by atoms with Gasteiger partial charge in [-0.2, -0.15) is 0 Å². The molecule has 128 valence electrons. The Morgan fingerprint density at radius 3 is 2.71 bits per heavy atom. The molecule has 5 rings (SSSR count). The van der Waals surface area contributed by atoms with Crippen molar-refractivity contribution in [3.63, 3.8) is 0 Å². The average Bonchev–Trinajstić information content (AvgIpc) is 3.37. The Kier molecular flexibility index (Phi) is 3.99. The first-order valence-electron chi connectivity index (χ1n) is 8.57. The fourth-order valence-electron chi connectivity index (χ4n) is 3.86. The summed E-state index contributed by atoms with van der Waals surface area (Å²) in [6, 6.07) is 4.17. The molecule has 1 aliphatic carbocycles. The molecule has 1 saturated carbocycles. The SMILES string of the molecule is O=C(c1ccc(Cl)cc1F)N1C[C@@H]2CC[C@H](C1)N(CC1CC1)C2=O. The number of halogens is 2. The number of piperidine rings is 1. The van der Waals surface area contributed by atoms with Crippen molar-refractivity contribution in [2.75, 3.05) is 19.6 Å². The summed E-state index contributed by atoms with van der Waals surface area (Å²) in [5.74, 6) is -0.301. The first-order chi connectivity index (χ1) is 11.5. The first kappa shape index (κ1) is 15.9. The second-order valence-electron chi connectivity index (χ2n) is 7.20. The minimum absolute atomic E-state index is 0.0295. The number of carbonyl (C=O) groups is 2. The van der Waals surface area contributed by atoms with Crippen LogP contribution in [0, 0.1) is 17.7 Å². The summed E-state index contributed by atoms with van der Waals surface area (Å²) in [5, 5.41) is 0.269. The molecule has 3 aliphatic heterocycles. The lowest BCUT2D eigenvalue weighted by Crippen LogP contribution is -2.48. The molecule has 0 aromatic heterocycles. The molecule has 0 unspecified atom stereocenters. The van der Waals surface area contributed by atoms with E-state index in [0.29, 0.717) is 19.0 Å². The lowest BCUT2D eigenvalue weighted by atomic mass is 9.94. The molecule has 2 atom stereocenters. The monoisotopic (exact) mass is 350 g/mol. The number of hydrogen-bond donors (Lipinski definition) is 0. The molecule has 1 aromatic carbocycles. The largest absolute Gasteiger partial charge is 0.337 e. The van der Waals surface area contributed by atoms with Crippen molar-refractivity contribution in [1.29, 1.82) is 0 Å². The van der Waals surface area contributed by atoms with Crippen molar-refractivity contribution in [3.8, 4) is 0 Å². The number of amides is 2. The zero-order chi connectivity index (χ0) is 16.8. The Bertz CT molecular complexity index is 692. The highest BCUT2D eigenvalue weighted by molar-refractivity contribution is 6.30. The van der Waals surface area contributed by atoms with Gasteiger partial charge in [-0.1, -0.05) is 11.6 Å². The summed E-state index contributed by atoms with van der Waals surface area (Å²) in [7, 11) is 0. The van der Waals surface area contributed by atoms with Crippen molar-refractivity contribution in [1.82, 2.24) is 9.80 Å². The van der Waals surface area contributed by atoms with Crippen LogP contribution in [0.25, 0.3) is 0 Å². The lowest BCUT2D eigenvalue weighted by Gasteiger charge is -2.36. The Morgan fingerprint density at radius 1 is 1.21 bits per heavy atom. The molecule has 0 N–H and O–H groups in total. The molecule has 1 aromatic rings. The van der Waals surface area contributed by atoms with E-state index in [0.717, 1.165) is 25.5 Å². The predicted molar refractivity (Wildman–Crippen MR) is 88.3 cm³/mol. The summed E-state index contributed by atoms with van der Waals surface area (Å²) in [4.78, 5) is 29.1. The summed E-state index contributed by atoms with van der Waals surface area (Å²) >= 11 is 5.77. The number of carbonyl (C=O) groups excluding carboxylic acids is 2. The maximum absolute atomic E-state index is 14.1. The highest BCUT2D eigenvalue weighted by atomic mass is 35.5. The molecule has 2 bridgehead atoms. The van der Waals surface area contributed by atoms with E-state index >= 15 is 0 Å². The molecule has 4 aliphatic rings. The zero-order valence-corrected chi connectivity index (χ0v) is 14.1. The van der Waals surface area contributed by atoms with Crippen LogP contribution in [-0.4, -0.2) is 47.3 Å². The van der Waals surface area contributed by atoms with Crippen LogP contribution in [0.4, 0.5) is 4.39 Å². The number of nitrogens with zero attached hydrogens (tertiary/aromatic N) is 2. The molecule has 0 radical (unpaired) electrons. The third-order valence-electron chi connectivity index (χ3n) is 5.39. The molecule has 4 nitrogen and oxygen atoms in total. The van der Waals surface area contributed by atoms with E-state index in [9.17, 15) is 14.0 Å². The fourth-order valence-corrected chi connectivity index (χ4v) is 4.02. The van der Waals surface area contributed by atoms with Crippen LogP contribution in [0.5, 0.6) is 0 Å². The van der Waals surface area contributed by atoms with Crippen molar-refractivity contribution >= 4 is 23.4 Å². The van der Waals surface area contributed by atoms with E-state index in [4.69, 9.17) is 11.6 Å². The number of hydrogen-bond acceptors (Lipinski definition) is 2. The summed E-state index contributed by atoms with van der Waals surface area (Å²) in [6.45, 7) is 1.70. The Hall–Kier alpha value is -1.62. The number of fused-ring (bicyclic) bond motifs is 4. The van der Waals surface area contributed by atoms with Gasteiger partial charge in [-0.25, -0.2) is 4.39 Å². The van der Waals surface area contributed by atoms with E-state index in [2.05, 4.69) is 0 Å². The smallest absolute Gasteiger partial charge is 0.256 e. The van der Waals surface area contributed by atoms with Crippen LogP contribution in [0.15, 0.2) is 18.2 Å². The number of benzene rings is 1. The minimum Gasteiger partial charge on any atom is -0.337 e. The van der Waals surface area contributed by atoms with Gasteiger partial charge < -0.3 is 9.80 Å². The van der Waals surface area contributed by atoms with E-state index < -0.39 is 5.82 Å². The van der Waals surface area contributed by atoms with Crippen molar-refractivity contribution in [3.05, 3.63) is 34.6 Å². The molecule has 24 heavy (non-hydrogen) atoms. The van der Waals surface area contributed by atoms with E-state index in [1.165, 1.54) is 25.0 Å². The van der Waals surface area contributed by atoms with Crippen LogP contribution in [0.2, 0.25) is 5.02 Å². The van der Waals surface area contributed by atoms with Gasteiger partial charge >= 0.3 is 0 Å². The highest BCUT2D eigenvalue weighted by Gasteiger charge is 2.43. The topological polar surface area (TPSA) is 40.6 Å². The molecule has 3 saturated heterocycles. The van der Waals surface area contributed by atoms with Crippen LogP contribution in [-0.2, 0) is 4.79 Å². The summed E-state index contributed by atoms with van der Waals surface area (Å²) in [6.07, 6.45) is 4.13. The van der Waals surface area contributed by atoms with Crippen molar-refractivity contribution < 1.29 is 14.0 Å². The second-order valence-corrected chi connectivity index (χ2v) is 7.63. The normalized spacial score (nSPS) is 26.7. The van der Waals surface area contributed by atoms with Crippen LogP contribution in [0.1, 0.15) is 36.0 Å². The fraction of sp³-hybridized carbons (Fsp3) is 0.556. The van der Waals surface area contributed by atoms with Crippen molar-refractivity contribution in [2.24, 2.45) is 11.8 Å². The molecule has 3 heterocycles. The van der Waals surface area contributed by atoms with Gasteiger partial charge in [-0.05, 0) is 49.8 Å². The molecular weight excluding hydrogens is 331 g/mol. The maximum Gasteiger partial charge on any atom is 0.256 e. The van der Waals surface area contributed by atoms with Crippen LogP contribution >= 0.6 is 11.6 Å². The zero-order valence-electron chi connectivity index (χ0n) is 13.4. The Morgan fingerprint density at radius 2 is 2.00 bits per heavy atom. The second kappa shape index (κ2) is 6.03. The maximum atomic E-state index is 14.1. The van der Waals surface area contributed by atoms with Gasteiger partial charge in [0, 0.05) is 30.7 Å². The van der Waals surface area contributed by atoms with Gasteiger partial charge in [0.1, 0.15) is 5.82 Å². The third kappa shape index (κ3) is 2.90. The first-order valence-corrected chi connectivity index (χ1v) is 8.95. The van der Waals surface area contributed by atoms with Crippen LogP contribution < -0.4 is 0 Å². The highest BCUT2D eigenvalue weighted by Crippen LogP contribution is 2.35. The van der Waals surface area contributed by atoms with Crippen molar-refractivity contribution in [2.45, 2.75) is 31.7 Å². The third-order valence-corrected chi connectivity index (χ3v) is 5.63. The van der Waals surface area contributed by atoms with Crippen LogP contribution in [0.3, 0.4) is 0 Å². The van der Waals surface area contributed by atoms with E-state index in [1.807, 2.05) is 4.90 Å². The van der Waals surface area contributed by atoms with E-state index in [-0.39, 0.29) is 34.4 Å². The Balaban J connectivity index is 1.56. The summed E-state index contributed by atoms with van der Waals surface area (Å²) in [5.41, 5.74) is 0.0295. The molecule has 4 fully saturated rings. The van der Waals surface area contributed by atoms with Gasteiger partial charge in [0.05, 0.1) is 11.5 Å². The van der Waals surface area contributed by atoms with Gasteiger partial charge in [0.15, 0.2) is 0 Å².